The van der Waals surface area contributed by atoms with Crippen molar-refractivity contribution in [1.29, 1.82) is 0 Å². The molecule has 1 N–H and O–H groups in total. The maximum atomic E-state index is 6.35. The number of hydrogen-bond acceptors (Lipinski definition) is 2. The van der Waals surface area contributed by atoms with Crippen molar-refractivity contribution >= 4 is 0 Å². The van der Waals surface area contributed by atoms with Gasteiger partial charge < -0.3 is 10.1 Å². The second-order valence-corrected chi connectivity index (χ2v) is 7.23. The van der Waals surface area contributed by atoms with Crippen LogP contribution in [0.3, 0.4) is 0 Å². The van der Waals surface area contributed by atoms with Gasteiger partial charge in [0.1, 0.15) is 0 Å². The van der Waals surface area contributed by atoms with E-state index in [1.54, 1.807) is 0 Å². The molecule has 2 saturated carbocycles. The molecule has 1 spiro atoms. The molecule has 3 rings (SSSR count). The van der Waals surface area contributed by atoms with Crippen LogP contribution < -0.4 is 5.32 Å². The minimum atomic E-state index is 0.172. The smallest absolute Gasteiger partial charge is 0.0843 e. The Morgan fingerprint density at radius 3 is 2.59 bits per heavy atom. The summed E-state index contributed by atoms with van der Waals surface area (Å²) in [5, 5.41) is 3.79. The highest BCUT2D eigenvalue weighted by molar-refractivity contribution is 5.05. The summed E-state index contributed by atoms with van der Waals surface area (Å²) < 4.78 is 6.35. The van der Waals surface area contributed by atoms with Crippen molar-refractivity contribution in [1.82, 2.24) is 5.32 Å². The van der Waals surface area contributed by atoms with E-state index < -0.39 is 0 Å². The molecule has 2 nitrogen and oxygen atoms in total. The van der Waals surface area contributed by atoms with Gasteiger partial charge in [0, 0.05) is 12.6 Å². The second kappa shape index (κ2) is 4.24. The lowest BCUT2D eigenvalue weighted by Gasteiger charge is -2.55. The standard InChI is InChI=1S/C15H27NO/c1-14(2)7-4-8-15(11-14)13(12-5-3-6-12)16-9-10-17-15/h12-13,16H,3-11H2,1-2H3. The summed E-state index contributed by atoms with van der Waals surface area (Å²) in [7, 11) is 0. The molecular formula is C15H27NO. The molecular weight excluding hydrogens is 210 g/mol. The van der Waals surface area contributed by atoms with Crippen molar-refractivity contribution in [3.63, 3.8) is 0 Å². The highest BCUT2D eigenvalue weighted by Gasteiger charge is 2.51. The molecule has 3 aliphatic rings. The number of nitrogens with one attached hydrogen (secondary N) is 1. The lowest BCUT2D eigenvalue weighted by molar-refractivity contribution is -0.157. The molecule has 0 radical (unpaired) electrons. The van der Waals surface area contributed by atoms with E-state index in [4.69, 9.17) is 4.74 Å². The first-order chi connectivity index (χ1) is 8.11. The van der Waals surface area contributed by atoms with E-state index in [1.807, 2.05) is 0 Å². The van der Waals surface area contributed by atoms with E-state index in [1.165, 1.54) is 44.9 Å². The third-order valence-electron chi connectivity index (χ3n) is 5.28. The van der Waals surface area contributed by atoms with Gasteiger partial charge in [-0.3, -0.25) is 0 Å². The molecule has 0 bridgehead atoms. The van der Waals surface area contributed by atoms with Gasteiger partial charge in [0.15, 0.2) is 0 Å². The van der Waals surface area contributed by atoms with E-state index in [0.717, 1.165) is 19.1 Å². The Bertz CT molecular complexity index is 281. The van der Waals surface area contributed by atoms with Crippen molar-refractivity contribution in [3.8, 4) is 0 Å². The van der Waals surface area contributed by atoms with Crippen molar-refractivity contribution in [3.05, 3.63) is 0 Å². The van der Waals surface area contributed by atoms with Crippen LogP contribution in [-0.2, 0) is 4.74 Å². The zero-order valence-corrected chi connectivity index (χ0v) is 11.4. The van der Waals surface area contributed by atoms with E-state index in [2.05, 4.69) is 19.2 Å². The molecule has 2 aliphatic carbocycles. The van der Waals surface area contributed by atoms with Crippen LogP contribution in [0.4, 0.5) is 0 Å². The highest BCUT2D eigenvalue weighted by atomic mass is 16.5. The average molecular weight is 237 g/mol. The summed E-state index contributed by atoms with van der Waals surface area (Å²) in [6.45, 7) is 6.82. The molecule has 1 saturated heterocycles. The normalized spacial score (nSPS) is 42.4. The van der Waals surface area contributed by atoms with Gasteiger partial charge in [-0.15, -0.1) is 0 Å². The quantitative estimate of drug-likeness (QED) is 0.756. The van der Waals surface area contributed by atoms with Crippen LogP contribution in [0.15, 0.2) is 0 Å². The summed E-state index contributed by atoms with van der Waals surface area (Å²) >= 11 is 0. The van der Waals surface area contributed by atoms with E-state index in [-0.39, 0.29) is 5.60 Å². The van der Waals surface area contributed by atoms with Crippen LogP contribution >= 0.6 is 0 Å². The van der Waals surface area contributed by atoms with Gasteiger partial charge in [-0.1, -0.05) is 20.3 Å². The number of ether oxygens (including phenoxy) is 1. The predicted octanol–water partition coefficient (Wildman–Crippen LogP) is 3.11. The van der Waals surface area contributed by atoms with Gasteiger partial charge in [-0.05, 0) is 49.9 Å². The zero-order valence-electron chi connectivity index (χ0n) is 11.4. The first-order valence-electron chi connectivity index (χ1n) is 7.49. The molecule has 0 aromatic rings. The number of hydrogen-bond donors (Lipinski definition) is 1. The molecule has 0 amide bonds. The maximum absolute atomic E-state index is 6.35. The fourth-order valence-corrected chi connectivity index (χ4v) is 4.36. The van der Waals surface area contributed by atoms with E-state index in [9.17, 15) is 0 Å². The third-order valence-corrected chi connectivity index (χ3v) is 5.28. The Balaban J connectivity index is 1.80. The molecule has 2 heteroatoms. The van der Waals surface area contributed by atoms with Crippen molar-refractivity contribution in [2.75, 3.05) is 13.2 Å². The first kappa shape index (κ1) is 12.0. The molecule has 17 heavy (non-hydrogen) atoms. The van der Waals surface area contributed by atoms with Crippen LogP contribution in [0.1, 0.15) is 58.8 Å². The topological polar surface area (TPSA) is 21.3 Å². The fraction of sp³-hybridized carbons (Fsp3) is 1.00. The van der Waals surface area contributed by atoms with Crippen LogP contribution in [-0.4, -0.2) is 24.8 Å². The largest absolute Gasteiger partial charge is 0.372 e. The SMILES string of the molecule is CC1(C)CCCC2(C1)OCCNC2C1CCC1. The summed E-state index contributed by atoms with van der Waals surface area (Å²) in [5.41, 5.74) is 0.643. The Labute approximate surface area is 105 Å². The second-order valence-electron chi connectivity index (χ2n) is 7.23. The van der Waals surface area contributed by atoms with E-state index in [0.29, 0.717) is 11.5 Å². The van der Waals surface area contributed by atoms with Gasteiger partial charge in [0.2, 0.25) is 0 Å². The molecule has 98 valence electrons. The lowest BCUT2D eigenvalue weighted by Crippen LogP contribution is -2.64. The average Bonchev–Trinajstić information content (AvgIpc) is 2.17. The first-order valence-corrected chi connectivity index (χ1v) is 7.49. The Morgan fingerprint density at radius 2 is 1.94 bits per heavy atom. The molecule has 0 aromatic carbocycles. The minimum absolute atomic E-state index is 0.172. The van der Waals surface area contributed by atoms with Crippen LogP contribution in [0.25, 0.3) is 0 Å². The lowest BCUT2D eigenvalue weighted by atomic mass is 9.62. The van der Waals surface area contributed by atoms with Crippen LogP contribution in [0.2, 0.25) is 0 Å². The van der Waals surface area contributed by atoms with Crippen molar-refractivity contribution < 1.29 is 4.74 Å². The van der Waals surface area contributed by atoms with Crippen molar-refractivity contribution in [2.45, 2.75) is 70.4 Å². The van der Waals surface area contributed by atoms with Crippen LogP contribution in [0.5, 0.6) is 0 Å². The Hall–Kier alpha value is -0.0800. The van der Waals surface area contributed by atoms with Gasteiger partial charge in [0.25, 0.3) is 0 Å². The molecule has 2 atom stereocenters. The molecule has 1 aliphatic heterocycles. The predicted molar refractivity (Wildman–Crippen MR) is 70.1 cm³/mol. The van der Waals surface area contributed by atoms with E-state index >= 15 is 0 Å². The molecule has 1 heterocycles. The highest BCUT2D eigenvalue weighted by Crippen LogP contribution is 2.49. The Morgan fingerprint density at radius 1 is 1.12 bits per heavy atom. The summed E-state index contributed by atoms with van der Waals surface area (Å²) in [4.78, 5) is 0. The Kier molecular flexibility index (Phi) is 2.99. The van der Waals surface area contributed by atoms with Crippen LogP contribution in [0, 0.1) is 11.3 Å². The van der Waals surface area contributed by atoms with Gasteiger partial charge in [0.05, 0.1) is 12.2 Å². The number of morpholine rings is 1. The molecule has 3 fully saturated rings. The van der Waals surface area contributed by atoms with Gasteiger partial charge >= 0.3 is 0 Å². The monoisotopic (exact) mass is 237 g/mol. The molecule has 2 unspecified atom stereocenters. The minimum Gasteiger partial charge on any atom is -0.372 e. The van der Waals surface area contributed by atoms with Crippen molar-refractivity contribution in [2.24, 2.45) is 11.3 Å². The third kappa shape index (κ3) is 2.15. The summed E-state index contributed by atoms with van der Waals surface area (Å²) in [5.74, 6) is 0.893. The number of rotatable bonds is 1. The summed E-state index contributed by atoms with van der Waals surface area (Å²) in [6, 6.07) is 0.643. The maximum Gasteiger partial charge on any atom is 0.0843 e. The molecule has 0 aromatic heterocycles. The zero-order chi connectivity index (χ0) is 11.9. The van der Waals surface area contributed by atoms with Gasteiger partial charge in [-0.25, -0.2) is 0 Å². The summed E-state index contributed by atoms with van der Waals surface area (Å²) in [6.07, 6.45) is 9.53. The fourth-order valence-electron chi connectivity index (χ4n) is 4.36. The van der Waals surface area contributed by atoms with Gasteiger partial charge in [-0.2, -0.15) is 0 Å².